The molecule has 1 saturated heterocycles. The molecule has 0 saturated carbocycles. The second-order valence-corrected chi connectivity index (χ2v) is 6.69. The van der Waals surface area contributed by atoms with Gasteiger partial charge in [0.1, 0.15) is 0 Å². The molecule has 0 spiro atoms. The van der Waals surface area contributed by atoms with E-state index in [1.54, 1.807) is 13.8 Å². The number of hydrogen-bond donors (Lipinski definition) is 2. The fraction of sp³-hybridized carbons (Fsp3) is 0.706. The Morgan fingerprint density at radius 2 is 1.88 bits per heavy atom. The number of piperazine rings is 1. The van der Waals surface area contributed by atoms with Crippen molar-refractivity contribution in [1.29, 1.82) is 0 Å². The van der Waals surface area contributed by atoms with Gasteiger partial charge < -0.3 is 20.3 Å². The highest BCUT2D eigenvalue weighted by atomic mass is 16.5. The predicted octanol–water partition coefficient (Wildman–Crippen LogP) is 0.305. The lowest BCUT2D eigenvalue weighted by Gasteiger charge is -2.37. The lowest BCUT2D eigenvalue weighted by Crippen LogP contribution is -2.54. The summed E-state index contributed by atoms with van der Waals surface area (Å²) < 4.78 is 5.12. The van der Waals surface area contributed by atoms with E-state index < -0.39 is 12.0 Å². The Morgan fingerprint density at radius 1 is 1.24 bits per heavy atom. The standard InChI is InChI=1S/C17H28N4O4/c1-5-25-16(23)14-12(4)18-17(24)19-13(14)10-20-6-8-21(9-7-20)15(22)11(2)3/h11-12H,5-10H2,1-4H3,(H2,18,19,24). The number of ether oxygens (including phenoxy) is 1. The van der Waals surface area contributed by atoms with Crippen LogP contribution in [-0.4, -0.2) is 73.1 Å². The highest BCUT2D eigenvalue weighted by Gasteiger charge is 2.31. The third-order valence-electron chi connectivity index (χ3n) is 4.43. The Bertz CT molecular complexity index is 565. The van der Waals surface area contributed by atoms with E-state index in [9.17, 15) is 14.4 Å². The normalized spacial score (nSPS) is 21.9. The Kier molecular flexibility index (Phi) is 6.41. The second-order valence-electron chi connectivity index (χ2n) is 6.69. The molecule has 0 aliphatic carbocycles. The summed E-state index contributed by atoms with van der Waals surface area (Å²) in [6.07, 6.45) is 0. The van der Waals surface area contributed by atoms with Gasteiger partial charge in [-0.2, -0.15) is 0 Å². The van der Waals surface area contributed by atoms with Gasteiger partial charge in [0.25, 0.3) is 0 Å². The molecule has 140 valence electrons. The molecule has 0 bridgehead atoms. The average Bonchev–Trinajstić information content (AvgIpc) is 2.54. The molecule has 1 atom stereocenters. The molecule has 2 aliphatic heterocycles. The number of nitrogens with one attached hydrogen (secondary N) is 2. The van der Waals surface area contributed by atoms with Crippen molar-refractivity contribution in [2.45, 2.75) is 33.7 Å². The lowest BCUT2D eigenvalue weighted by molar-refractivity contribution is -0.139. The maximum absolute atomic E-state index is 12.2. The van der Waals surface area contributed by atoms with Crippen LogP contribution in [0, 0.1) is 5.92 Å². The molecule has 8 heteroatoms. The summed E-state index contributed by atoms with van der Waals surface area (Å²) in [6, 6.07) is -0.712. The summed E-state index contributed by atoms with van der Waals surface area (Å²) in [5, 5.41) is 5.43. The van der Waals surface area contributed by atoms with Crippen LogP contribution in [0.4, 0.5) is 4.79 Å². The van der Waals surface area contributed by atoms with Gasteiger partial charge in [-0.1, -0.05) is 13.8 Å². The number of nitrogens with zero attached hydrogens (tertiary/aromatic N) is 2. The molecular formula is C17H28N4O4. The van der Waals surface area contributed by atoms with E-state index >= 15 is 0 Å². The molecule has 0 aromatic rings. The van der Waals surface area contributed by atoms with Gasteiger partial charge in [0.05, 0.1) is 18.2 Å². The van der Waals surface area contributed by atoms with Gasteiger partial charge in [-0.15, -0.1) is 0 Å². The van der Waals surface area contributed by atoms with E-state index in [2.05, 4.69) is 15.5 Å². The number of carbonyl (C=O) groups excluding carboxylic acids is 3. The Morgan fingerprint density at radius 3 is 2.44 bits per heavy atom. The summed E-state index contributed by atoms with van der Waals surface area (Å²) >= 11 is 0. The highest BCUT2D eigenvalue weighted by molar-refractivity contribution is 5.94. The first-order chi connectivity index (χ1) is 11.8. The molecule has 2 aliphatic rings. The summed E-state index contributed by atoms with van der Waals surface area (Å²) in [5.41, 5.74) is 1.04. The molecule has 2 rings (SSSR count). The third-order valence-corrected chi connectivity index (χ3v) is 4.43. The van der Waals surface area contributed by atoms with Gasteiger partial charge in [0.15, 0.2) is 0 Å². The van der Waals surface area contributed by atoms with Crippen LogP contribution in [0.3, 0.4) is 0 Å². The average molecular weight is 352 g/mol. The topological polar surface area (TPSA) is 91.0 Å². The van der Waals surface area contributed by atoms with Gasteiger partial charge in [-0.3, -0.25) is 9.69 Å². The van der Waals surface area contributed by atoms with E-state index in [0.29, 0.717) is 44.0 Å². The zero-order valence-corrected chi connectivity index (χ0v) is 15.4. The number of hydrogen-bond acceptors (Lipinski definition) is 5. The predicted molar refractivity (Wildman–Crippen MR) is 92.6 cm³/mol. The first kappa shape index (κ1) is 19.2. The van der Waals surface area contributed by atoms with Gasteiger partial charge in [0, 0.05) is 44.3 Å². The van der Waals surface area contributed by atoms with E-state index in [1.165, 1.54) is 0 Å². The van der Waals surface area contributed by atoms with Crippen LogP contribution in [0.5, 0.6) is 0 Å². The zero-order valence-electron chi connectivity index (χ0n) is 15.4. The summed E-state index contributed by atoms with van der Waals surface area (Å²) in [4.78, 5) is 40.1. The van der Waals surface area contributed by atoms with Crippen LogP contribution < -0.4 is 10.6 Å². The Balaban J connectivity index is 2.06. The van der Waals surface area contributed by atoms with Crippen molar-refractivity contribution in [3.05, 3.63) is 11.3 Å². The van der Waals surface area contributed by atoms with Crippen molar-refractivity contribution in [3.8, 4) is 0 Å². The van der Waals surface area contributed by atoms with Crippen molar-refractivity contribution in [2.24, 2.45) is 5.92 Å². The monoisotopic (exact) mass is 352 g/mol. The zero-order chi connectivity index (χ0) is 18.6. The van der Waals surface area contributed by atoms with E-state index in [0.717, 1.165) is 0 Å². The smallest absolute Gasteiger partial charge is 0.337 e. The van der Waals surface area contributed by atoms with Crippen LogP contribution in [0.15, 0.2) is 11.3 Å². The molecule has 1 fully saturated rings. The van der Waals surface area contributed by atoms with Crippen molar-refractivity contribution in [2.75, 3.05) is 39.3 Å². The van der Waals surface area contributed by atoms with Gasteiger partial charge in [-0.25, -0.2) is 9.59 Å². The molecule has 2 N–H and O–H groups in total. The van der Waals surface area contributed by atoms with Gasteiger partial charge in [0.2, 0.25) is 5.91 Å². The van der Waals surface area contributed by atoms with E-state index in [1.807, 2.05) is 18.7 Å². The van der Waals surface area contributed by atoms with Crippen molar-refractivity contribution >= 4 is 17.9 Å². The first-order valence-corrected chi connectivity index (χ1v) is 8.82. The number of amides is 3. The number of urea groups is 1. The molecule has 1 unspecified atom stereocenters. The van der Waals surface area contributed by atoms with Crippen LogP contribution in [-0.2, 0) is 14.3 Å². The third kappa shape index (κ3) is 4.72. The summed E-state index contributed by atoms with van der Waals surface area (Å²) in [7, 11) is 0. The first-order valence-electron chi connectivity index (χ1n) is 8.82. The van der Waals surface area contributed by atoms with Crippen LogP contribution in [0.2, 0.25) is 0 Å². The Labute approximate surface area is 148 Å². The number of carbonyl (C=O) groups is 3. The molecule has 2 heterocycles. The molecule has 25 heavy (non-hydrogen) atoms. The Hall–Kier alpha value is -2.09. The minimum absolute atomic E-state index is 0.00534. The second kappa shape index (κ2) is 8.33. The highest BCUT2D eigenvalue weighted by Crippen LogP contribution is 2.16. The minimum Gasteiger partial charge on any atom is -0.463 e. The van der Waals surface area contributed by atoms with Gasteiger partial charge in [-0.05, 0) is 13.8 Å². The minimum atomic E-state index is -0.411. The van der Waals surface area contributed by atoms with Crippen molar-refractivity contribution < 1.29 is 19.1 Å². The SMILES string of the molecule is CCOC(=O)C1=C(CN2CCN(C(=O)C(C)C)CC2)NC(=O)NC1C. The van der Waals surface area contributed by atoms with E-state index in [4.69, 9.17) is 4.74 Å². The van der Waals surface area contributed by atoms with Crippen molar-refractivity contribution in [1.82, 2.24) is 20.4 Å². The molecule has 8 nitrogen and oxygen atoms in total. The fourth-order valence-corrected chi connectivity index (χ4v) is 3.12. The van der Waals surface area contributed by atoms with Crippen LogP contribution in [0.1, 0.15) is 27.7 Å². The van der Waals surface area contributed by atoms with E-state index in [-0.39, 0.29) is 24.5 Å². The molecule has 3 amide bonds. The summed E-state index contributed by atoms with van der Waals surface area (Å²) in [6.45, 7) is 10.8. The molecule has 0 radical (unpaired) electrons. The lowest BCUT2D eigenvalue weighted by atomic mass is 10.0. The van der Waals surface area contributed by atoms with Crippen LogP contribution >= 0.6 is 0 Å². The quantitative estimate of drug-likeness (QED) is 0.695. The largest absolute Gasteiger partial charge is 0.463 e. The van der Waals surface area contributed by atoms with Crippen LogP contribution in [0.25, 0.3) is 0 Å². The molecule has 0 aromatic heterocycles. The fourth-order valence-electron chi connectivity index (χ4n) is 3.12. The molecular weight excluding hydrogens is 324 g/mol. The number of rotatable bonds is 5. The maximum Gasteiger partial charge on any atom is 0.337 e. The summed E-state index contributed by atoms with van der Waals surface area (Å²) in [5.74, 6) is -0.254. The van der Waals surface area contributed by atoms with Gasteiger partial charge >= 0.3 is 12.0 Å². The number of esters is 1. The maximum atomic E-state index is 12.2. The molecule has 0 aromatic carbocycles. The van der Waals surface area contributed by atoms with Crippen molar-refractivity contribution in [3.63, 3.8) is 0 Å².